The smallest absolute Gasteiger partial charge is 0.339 e. The third kappa shape index (κ3) is 5.71. The molecular formula is C23H19Br2NO3. The number of esters is 1. The van der Waals surface area contributed by atoms with Gasteiger partial charge in [-0.25, -0.2) is 4.79 Å². The molecule has 4 nitrogen and oxygen atoms in total. The van der Waals surface area contributed by atoms with Crippen LogP contribution in [0.1, 0.15) is 18.9 Å². The largest absolute Gasteiger partial charge is 0.455 e. The topological polar surface area (TPSA) is 61.5 Å². The second-order valence-electron chi connectivity index (χ2n) is 6.21. The highest BCUT2D eigenvalue weighted by molar-refractivity contribution is 9.11. The van der Waals surface area contributed by atoms with E-state index < -0.39 is 0 Å². The molecule has 0 spiro atoms. The van der Waals surface area contributed by atoms with E-state index in [1.54, 1.807) is 36.4 Å². The molecule has 0 aromatic heterocycles. The molecule has 0 bridgehead atoms. The monoisotopic (exact) mass is 515 g/mol. The lowest BCUT2D eigenvalue weighted by Gasteiger charge is -2.13. The lowest BCUT2D eigenvalue weighted by molar-refractivity contribution is -0.130. The van der Waals surface area contributed by atoms with Gasteiger partial charge < -0.3 is 15.2 Å². The predicted octanol–water partition coefficient (Wildman–Crippen LogP) is 6.99. The van der Waals surface area contributed by atoms with Gasteiger partial charge in [0.1, 0.15) is 11.5 Å². The molecule has 0 aliphatic heterocycles. The molecule has 2 N–H and O–H groups in total. The maximum Gasteiger partial charge on any atom is 0.339 e. The maximum absolute atomic E-state index is 12.6. The van der Waals surface area contributed by atoms with Crippen molar-refractivity contribution in [3.05, 3.63) is 86.8 Å². The molecule has 0 saturated carbocycles. The van der Waals surface area contributed by atoms with Crippen molar-refractivity contribution in [2.24, 2.45) is 0 Å². The van der Waals surface area contributed by atoms with E-state index in [2.05, 4.69) is 31.9 Å². The Hall–Kier alpha value is -2.57. The van der Waals surface area contributed by atoms with Crippen LogP contribution in [0.25, 0.3) is 6.08 Å². The molecule has 0 saturated heterocycles. The molecule has 6 heteroatoms. The zero-order valence-corrected chi connectivity index (χ0v) is 18.9. The molecule has 0 amide bonds. The van der Waals surface area contributed by atoms with Gasteiger partial charge in [0.05, 0.1) is 8.95 Å². The van der Waals surface area contributed by atoms with Crippen LogP contribution in [-0.4, -0.2) is 5.97 Å². The van der Waals surface area contributed by atoms with Gasteiger partial charge in [-0.05, 0) is 86.3 Å². The van der Waals surface area contributed by atoms with Gasteiger partial charge in [-0.1, -0.05) is 37.3 Å². The zero-order valence-electron chi connectivity index (χ0n) is 15.7. The number of hydrogen-bond donors (Lipinski definition) is 1. The zero-order chi connectivity index (χ0) is 20.8. The molecule has 0 atom stereocenters. The van der Waals surface area contributed by atoms with Crippen molar-refractivity contribution >= 4 is 49.6 Å². The van der Waals surface area contributed by atoms with Crippen LogP contribution in [-0.2, 0) is 4.79 Å². The lowest BCUT2D eigenvalue weighted by atomic mass is 10.1. The Morgan fingerprint density at radius 2 is 1.59 bits per heavy atom. The van der Waals surface area contributed by atoms with E-state index in [1.165, 1.54) is 0 Å². The van der Waals surface area contributed by atoms with Crippen molar-refractivity contribution in [2.45, 2.75) is 13.3 Å². The van der Waals surface area contributed by atoms with Crippen molar-refractivity contribution in [2.75, 3.05) is 5.73 Å². The van der Waals surface area contributed by atoms with Gasteiger partial charge in [0, 0.05) is 11.3 Å². The lowest BCUT2D eigenvalue weighted by Crippen LogP contribution is -2.11. The molecule has 0 aliphatic carbocycles. The van der Waals surface area contributed by atoms with E-state index in [0.29, 0.717) is 43.9 Å². The number of ether oxygens (including phenoxy) is 2. The van der Waals surface area contributed by atoms with E-state index >= 15 is 0 Å². The Labute approximate surface area is 186 Å². The second kappa shape index (κ2) is 9.76. The van der Waals surface area contributed by atoms with E-state index in [9.17, 15) is 4.79 Å². The fraction of sp³-hybridized carbons (Fsp3) is 0.0870. The first-order chi connectivity index (χ1) is 14.0. The number of hydrogen-bond acceptors (Lipinski definition) is 4. The molecule has 148 valence electrons. The molecule has 0 unspecified atom stereocenters. The molecule has 0 fully saturated rings. The Morgan fingerprint density at radius 3 is 2.17 bits per heavy atom. The van der Waals surface area contributed by atoms with Crippen molar-refractivity contribution in [1.82, 2.24) is 0 Å². The Morgan fingerprint density at radius 1 is 0.966 bits per heavy atom. The molecule has 3 aromatic rings. The highest BCUT2D eigenvalue weighted by Crippen LogP contribution is 2.40. The minimum Gasteiger partial charge on any atom is -0.455 e. The summed E-state index contributed by atoms with van der Waals surface area (Å²) in [4.78, 5) is 12.6. The summed E-state index contributed by atoms with van der Waals surface area (Å²) in [6.45, 7) is 1.92. The Kier molecular flexibility index (Phi) is 7.12. The molecule has 3 rings (SSSR count). The summed E-state index contributed by atoms with van der Waals surface area (Å²) in [6.07, 6.45) is 2.40. The summed E-state index contributed by atoms with van der Waals surface area (Å²) in [5.41, 5.74) is 7.91. The number of nitrogens with two attached hydrogens (primary N) is 1. The van der Waals surface area contributed by atoms with Crippen LogP contribution < -0.4 is 15.2 Å². The standard InChI is InChI=1S/C23H19Br2NO3/c1-2-16(12-15-6-4-3-5-7-15)23(27)29-19-13-20(24)22(21(25)14-19)28-18-10-8-17(26)9-11-18/h3-14H,2,26H2,1H3. The van der Waals surface area contributed by atoms with Crippen LogP contribution >= 0.6 is 31.9 Å². The highest BCUT2D eigenvalue weighted by atomic mass is 79.9. The van der Waals surface area contributed by atoms with Crippen molar-refractivity contribution in [3.8, 4) is 17.2 Å². The van der Waals surface area contributed by atoms with Gasteiger partial charge in [-0.2, -0.15) is 0 Å². The Balaban J connectivity index is 1.78. The van der Waals surface area contributed by atoms with Crippen molar-refractivity contribution in [3.63, 3.8) is 0 Å². The van der Waals surface area contributed by atoms with Gasteiger partial charge in [0.25, 0.3) is 0 Å². The van der Waals surface area contributed by atoms with E-state index in [-0.39, 0.29) is 5.97 Å². The first-order valence-electron chi connectivity index (χ1n) is 8.96. The summed E-state index contributed by atoms with van der Waals surface area (Å²) in [7, 11) is 0. The molecular weight excluding hydrogens is 498 g/mol. The van der Waals surface area contributed by atoms with Crippen LogP contribution in [0.2, 0.25) is 0 Å². The first kappa shape index (κ1) is 21.1. The summed E-state index contributed by atoms with van der Waals surface area (Å²) in [5, 5.41) is 0. The SMILES string of the molecule is CCC(=Cc1ccccc1)C(=O)Oc1cc(Br)c(Oc2ccc(N)cc2)c(Br)c1. The normalized spacial score (nSPS) is 11.2. The summed E-state index contributed by atoms with van der Waals surface area (Å²) < 4.78 is 12.8. The number of rotatable bonds is 6. The third-order valence-corrected chi connectivity index (χ3v) is 5.24. The van der Waals surface area contributed by atoms with Gasteiger partial charge in [-0.15, -0.1) is 0 Å². The fourth-order valence-electron chi connectivity index (χ4n) is 2.58. The van der Waals surface area contributed by atoms with E-state index in [0.717, 1.165) is 5.56 Å². The second-order valence-corrected chi connectivity index (χ2v) is 7.92. The summed E-state index contributed by atoms with van der Waals surface area (Å²) >= 11 is 6.96. The Bertz CT molecular complexity index is 1010. The average molecular weight is 517 g/mol. The van der Waals surface area contributed by atoms with Crippen LogP contribution in [0.5, 0.6) is 17.2 Å². The number of carbonyl (C=O) groups excluding carboxylic acids is 1. The fourth-order valence-corrected chi connectivity index (χ4v) is 3.88. The van der Waals surface area contributed by atoms with Gasteiger partial charge in [-0.3, -0.25) is 0 Å². The molecule has 0 heterocycles. The molecule has 0 radical (unpaired) electrons. The van der Waals surface area contributed by atoms with Crippen LogP contribution in [0, 0.1) is 0 Å². The number of benzene rings is 3. The average Bonchev–Trinajstić information content (AvgIpc) is 2.71. The van der Waals surface area contributed by atoms with Gasteiger partial charge in [0.2, 0.25) is 0 Å². The first-order valence-corrected chi connectivity index (χ1v) is 10.5. The van der Waals surface area contributed by atoms with Crippen molar-refractivity contribution in [1.29, 1.82) is 0 Å². The minimum absolute atomic E-state index is 0.387. The van der Waals surface area contributed by atoms with Crippen LogP contribution in [0.3, 0.4) is 0 Å². The molecule has 29 heavy (non-hydrogen) atoms. The molecule has 0 aliphatic rings. The summed E-state index contributed by atoms with van der Waals surface area (Å²) in [6, 6.07) is 20.2. The quantitative estimate of drug-likeness (QED) is 0.166. The number of halogens is 2. The van der Waals surface area contributed by atoms with Crippen molar-refractivity contribution < 1.29 is 14.3 Å². The minimum atomic E-state index is -0.387. The van der Waals surface area contributed by atoms with E-state index in [4.69, 9.17) is 15.2 Å². The van der Waals surface area contributed by atoms with E-state index in [1.807, 2.05) is 43.3 Å². The molecule has 3 aromatic carbocycles. The highest BCUT2D eigenvalue weighted by Gasteiger charge is 2.15. The van der Waals surface area contributed by atoms with Crippen LogP contribution in [0.4, 0.5) is 5.69 Å². The van der Waals surface area contributed by atoms with Gasteiger partial charge >= 0.3 is 5.97 Å². The number of carbonyl (C=O) groups is 1. The van der Waals surface area contributed by atoms with Gasteiger partial charge in [0.15, 0.2) is 5.75 Å². The predicted molar refractivity (Wildman–Crippen MR) is 123 cm³/mol. The number of nitrogen functional groups attached to an aromatic ring is 1. The third-order valence-electron chi connectivity index (χ3n) is 4.07. The summed E-state index contributed by atoms with van der Waals surface area (Å²) in [5.74, 6) is 1.24. The van der Waals surface area contributed by atoms with Crippen LogP contribution in [0.15, 0.2) is 81.2 Å². The number of anilines is 1. The maximum atomic E-state index is 12.6.